The van der Waals surface area contributed by atoms with E-state index in [1.165, 1.54) is 0 Å². The van der Waals surface area contributed by atoms with Crippen molar-refractivity contribution in [2.45, 2.75) is 19.3 Å². The second-order valence-corrected chi connectivity index (χ2v) is 5.35. The number of carbonyl (C=O) groups is 2. The Hall–Kier alpha value is -2.24. The Morgan fingerprint density at radius 1 is 1.23 bits per heavy atom. The number of aliphatic carboxylic acids is 1. The number of amides is 1. The quantitative estimate of drug-likeness (QED) is 0.797. The molecule has 1 aliphatic rings. The highest BCUT2D eigenvalue weighted by atomic mass is 16.5. The molecule has 6 heteroatoms. The second kappa shape index (κ2) is 7.15. The molecule has 1 amide bonds. The number of nitrogens with one attached hydrogen (secondary N) is 1. The number of ether oxygens (including phenoxy) is 2. The summed E-state index contributed by atoms with van der Waals surface area (Å²) in [5.74, 6) is -0.536. The van der Waals surface area contributed by atoms with Crippen LogP contribution in [0, 0.1) is 11.8 Å². The average molecular weight is 307 g/mol. The van der Waals surface area contributed by atoms with Gasteiger partial charge in [0.25, 0.3) is 0 Å². The Kier molecular flexibility index (Phi) is 5.25. The number of carbonyl (C=O) groups excluding carboxylic acids is 1. The number of carboxylic acid groups (broad SMARTS) is 1. The van der Waals surface area contributed by atoms with Crippen LogP contribution >= 0.6 is 0 Å². The van der Waals surface area contributed by atoms with Gasteiger partial charge in [-0.25, -0.2) is 0 Å². The van der Waals surface area contributed by atoms with Crippen LogP contribution in [0.25, 0.3) is 0 Å². The summed E-state index contributed by atoms with van der Waals surface area (Å²) in [5.41, 5.74) is 0.936. The molecule has 1 aliphatic carbocycles. The first-order valence-electron chi connectivity index (χ1n) is 7.28. The molecule has 2 atom stereocenters. The maximum absolute atomic E-state index is 12.0. The topological polar surface area (TPSA) is 84.9 Å². The van der Waals surface area contributed by atoms with Crippen LogP contribution in [0.5, 0.6) is 11.5 Å². The van der Waals surface area contributed by atoms with Gasteiger partial charge in [0.05, 0.1) is 26.1 Å². The fourth-order valence-corrected chi connectivity index (χ4v) is 2.64. The third-order valence-corrected chi connectivity index (χ3v) is 4.11. The predicted octanol–water partition coefficient (Wildman–Crippen LogP) is 1.47. The Labute approximate surface area is 129 Å². The molecule has 1 saturated carbocycles. The van der Waals surface area contributed by atoms with Crippen molar-refractivity contribution in [3.8, 4) is 11.5 Å². The van der Waals surface area contributed by atoms with Gasteiger partial charge in [-0.3, -0.25) is 9.59 Å². The first-order chi connectivity index (χ1) is 10.6. The lowest BCUT2D eigenvalue weighted by molar-refractivity contribution is -0.152. The fraction of sp³-hybridized carbons (Fsp3) is 0.500. The summed E-state index contributed by atoms with van der Waals surface area (Å²) in [6.07, 6.45) is 1.82. The van der Waals surface area contributed by atoms with Gasteiger partial charge in [0.15, 0.2) is 0 Å². The summed E-state index contributed by atoms with van der Waals surface area (Å²) in [7, 11) is 3.19. The summed E-state index contributed by atoms with van der Waals surface area (Å²) in [6.45, 7) is 0.436. The van der Waals surface area contributed by atoms with Gasteiger partial charge < -0.3 is 19.9 Å². The summed E-state index contributed by atoms with van der Waals surface area (Å²) in [5, 5.41) is 11.8. The minimum absolute atomic E-state index is 0.180. The van der Waals surface area contributed by atoms with Crippen molar-refractivity contribution in [1.82, 2.24) is 5.32 Å². The van der Waals surface area contributed by atoms with Crippen molar-refractivity contribution in [2.24, 2.45) is 11.8 Å². The van der Waals surface area contributed by atoms with E-state index in [1.807, 2.05) is 18.2 Å². The molecule has 1 aromatic carbocycles. The molecule has 2 rings (SSSR count). The molecule has 0 aromatic heterocycles. The Bertz CT molecular complexity index is 557. The van der Waals surface area contributed by atoms with Crippen LogP contribution in [-0.2, 0) is 16.0 Å². The first kappa shape index (κ1) is 16.1. The molecule has 22 heavy (non-hydrogen) atoms. The fourth-order valence-electron chi connectivity index (χ4n) is 2.64. The summed E-state index contributed by atoms with van der Waals surface area (Å²) < 4.78 is 10.5. The lowest BCUT2D eigenvalue weighted by Gasteiger charge is -2.31. The zero-order valence-electron chi connectivity index (χ0n) is 12.8. The van der Waals surface area contributed by atoms with Crippen molar-refractivity contribution >= 4 is 11.9 Å². The third-order valence-electron chi connectivity index (χ3n) is 4.11. The van der Waals surface area contributed by atoms with Crippen molar-refractivity contribution in [3.63, 3.8) is 0 Å². The van der Waals surface area contributed by atoms with Gasteiger partial charge in [0.2, 0.25) is 5.91 Å². The van der Waals surface area contributed by atoms with Crippen LogP contribution < -0.4 is 14.8 Å². The number of hydrogen-bond acceptors (Lipinski definition) is 4. The van der Waals surface area contributed by atoms with Crippen LogP contribution in [0.1, 0.15) is 18.4 Å². The van der Waals surface area contributed by atoms with Crippen LogP contribution in [0.15, 0.2) is 18.2 Å². The number of methoxy groups -OCH3 is 2. The van der Waals surface area contributed by atoms with E-state index < -0.39 is 17.8 Å². The van der Waals surface area contributed by atoms with Gasteiger partial charge in [-0.1, -0.05) is 0 Å². The molecule has 0 aliphatic heterocycles. The lowest BCUT2D eigenvalue weighted by atomic mass is 9.73. The molecule has 0 saturated heterocycles. The van der Waals surface area contributed by atoms with Crippen LogP contribution in [0.2, 0.25) is 0 Å². The second-order valence-electron chi connectivity index (χ2n) is 5.35. The zero-order valence-corrected chi connectivity index (χ0v) is 12.8. The van der Waals surface area contributed by atoms with Crippen LogP contribution in [0.3, 0.4) is 0 Å². The zero-order chi connectivity index (χ0) is 16.1. The maximum atomic E-state index is 12.0. The van der Waals surface area contributed by atoms with E-state index in [2.05, 4.69) is 5.32 Å². The maximum Gasteiger partial charge on any atom is 0.307 e. The monoisotopic (exact) mass is 307 g/mol. The van der Waals surface area contributed by atoms with Gasteiger partial charge in [-0.2, -0.15) is 0 Å². The predicted molar refractivity (Wildman–Crippen MR) is 80.1 cm³/mol. The van der Waals surface area contributed by atoms with Gasteiger partial charge in [-0.05, 0) is 43.0 Å². The number of hydrogen-bond donors (Lipinski definition) is 2. The standard InChI is InChI=1S/C16H21NO5/c1-21-11-3-6-14(22-2)10(9-11)7-8-17-15(18)12-4-5-13(12)16(19)20/h3,6,9,12-13H,4-5,7-8H2,1-2H3,(H,17,18)(H,19,20). The van der Waals surface area contributed by atoms with Crippen molar-refractivity contribution < 1.29 is 24.2 Å². The number of rotatable bonds is 7. The van der Waals surface area contributed by atoms with E-state index in [1.54, 1.807) is 14.2 Å². The normalized spacial score (nSPS) is 19.9. The molecule has 0 bridgehead atoms. The van der Waals surface area contributed by atoms with Crippen molar-refractivity contribution in [2.75, 3.05) is 20.8 Å². The molecule has 1 fully saturated rings. The molecule has 120 valence electrons. The Morgan fingerprint density at radius 2 is 1.95 bits per heavy atom. The van der Waals surface area contributed by atoms with E-state index in [-0.39, 0.29) is 5.91 Å². The summed E-state index contributed by atoms with van der Waals surface area (Å²) in [6, 6.07) is 5.50. The van der Waals surface area contributed by atoms with E-state index in [9.17, 15) is 9.59 Å². The highest BCUT2D eigenvalue weighted by Crippen LogP contribution is 2.34. The minimum atomic E-state index is -0.888. The molecule has 6 nitrogen and oxygen atoms in total. The smallest absolute Gasteiger partial charge is 0.307 e. The summed E-state index contributed by atoms with van der Waals surface area (Å²) >= 11 is 0. The van der Waals surface area contributed by atoms with Crippen molar-refractivity contribution in [1.29, 1.82) is 0 Å². The number of carboxylic acids is 1. The molecule has 0 spiro atoms. The first-order valence-corrected chi connectivity index (χ1v) is 7.28. The molecule has 1 aromatic rings. The summed E-state index contributed by atoms with van der Waals surface area (Å²) in [4.78, 5) is 22.9. The van der Waals surface area contributed by atoms with Gasteiger partial charge in [-0.15, -0.1) is 0 Å². The Balaban J connectivity index is 1.88. The SMILES string of the molecule is COc1ccc(OC)c(CCNC(=O)C2CCC2C(=O)O)c1. The van der Waals surface area contributed by atoms with Gasteiger partial charge in [0, 0.05) is 6.54 Å². The largest absolute Gasteiger partial charge is 0.497 e. The van der Waals surface area contributed by atoms with E-state index in [0.717, 1.165) is 17.1 Å². The molecular formula is C16H21NO5. The highest BCUT2D eigenvalue weighted by Gasteiger charge is 2.41. The highest BCUT2D eigenvalue weighted by molar-refractivity contribution is 5.86. The lowest BCUT2D eigenvalue weighted by Crippen LogP contribution is -2.44. The minimum Gasteiger partial charge on any atom is -0.497 e. The number of benzene rings is 1. The van der Waals surface area contributed by atoms with Crippen LogP contribution in [-0.4, -0.2) is 37.7 Å². The molecule has 2 unspecified atom stereocenters. The van der Waals surface area contributed by atoms with E-state index in [4.69, 9.17) is 14.6 Å². The van der Waals surface area contributed by atoms with Crippen molar-refractivity contribution in [3.05, 3.63) is 23.8 Å². The third kappa shape index (κ3) is 3.50. The molecular weight excluding hydrogens is 286 g/mol. The average Bonchev–Trinajstić information content (AvgIpc) is 2.45. The molecule has 0 heterocycles. The van der Waals surface area contributed by atoms with E-state index in [0.29, 0.717) is 25.8 Å². The molecule has 0 radical (unpaired) electrons. The van der Waals surface area contributed by atoms with Gasteiger partial charge in [0.1, 0.15) is 11.5 Å². The Morgan fingerprint density at radius 3 is 2.50 bits per heavy atom. The van der Waals surface area contributed by atoms with Gasteiger partial charge >= 0.3 is 5.97 Å². The molecule has 2 N–H and O–H groups in total. The van der Waals surface area contributed by atoms with Crippen LogP contribution in [0.4, 0.5) is 0 Å². The van der Waals surface area contributed by atoms with E-state index >= 15 is 0 Å².